The van der Waals surface area contributed by atoms with Crippen LogP contribution in [-0.4, -0.2) is 36.9 Å². The van der Waals surface area contributed by atoms with Crippen molar-refractivity contribution in [2.75, 3.05) is 17.8 Å². The van der Waals surface area contributed by atoms with Gasteiger partial charge in [-0.2, -0.15) is 12.7 Å². The summed E-state index contributed by atoms with van der Waals surface area (Å²) in [4.78, 5) is 11.1. The topological polar surface area (TPSA) is 86.7 Å². The summed E-state index contributed by atoms with van der Waals surface area (Å²) in [6.07, 6.45) is 1.67. The Labute approximate surface area is 112 Å². The Morgan fingerprint density at radius 3 is 2.53 bits per heavy atom. The Hall–Kier alpha value is -1.60. The van der Waals surface area contributed by atoms with Crippen LogP contribution in [0, 0.1) is 6.92 Å². The highest BCUT2D eigenvalue weighted by Crippen LogP contribution is 2.24. The average Bonchev–Trinajstić information content (AvgIpc) is 2.85. The molecule has 7 heteroatoms. The van der Waals surface area contributed by atoms with E-state index < -0.39 is 16.2 Å². The lowest BCUT2D eigenvalue weighted by Crippen LogP contribution is -2.34. The number of rotatable bonds is 4. The molecule has 1 aromatic rings. The second-order valence-corrected chi connectivity index (χ2v) is 6.19. The number of carbonyl (C=O) groups is 1. The van der Waals surface area contributed by atoms with E-state index in [1.165, 1.54) is 10.4 Å². The number of hydrogen-bond acceptors (Lipinski definition) is 3. The molecular weight excluding hydrogens is 268 g/mol. The minimum atomic E-state index is -3.67. The maximum Gasteiger partial charge on any atom is 0.337 e. The fourth-order valence-electron chi connectivity index (χ4n) is 2.10. The molecule has 0 aliphatic carbocycles. The van der Waals surface area contributed by atoms with E-state index in [0.29, 0.717) is 18.7 Å². The zero-order valence-corrected chi connectivity index (χ0v) is 11.4. The molecule has 0 unspecified atom stereocenters. The van der Waals surface area contributed by atoms with Gasteiger partial charge in [-0.05, 0) is 31.4 Å². The highest BCUT2D eigenvalue weighted by atomic mass is 32.2. The van der Waals surface area contributed by atoms with Crippen molar-refractivity contribution in [1.82, 2.24) is 4.31 Å². The van der Waals surface area contributed by atoms with Gasteiger partial charge >= 0.3 is 16.2 Å². The van der Waals surface area contributed by atoms with Crippen LogP contribution < -0.4 is 4.72 Å². The number of benzene rings is 1. The predicted octanol–water partition coefficient (Wildman–Crippen LogP) is 1.45. The summed E-state index contributed by atoms with van der Waals surface area (Å²) in [5, 5.41) is 9.10. The van der Waals surface area contributed by atoms with Gasteiger partial charge in [0, 0.05) is 13.1 Å². The lowest BCUT2D eigenvalue weighted by atomic mass is 10.1. The molecule has 1 saturated heterocycles. The molecule has 1 fully saturated rings. The van der Waals surface area contributed by atoms with Crippen molar-refractivity contribution in [3.8, 4) is 0 Å². The highest BCUT2D eigenvalue weighted by molar-refractivity contribution is 7.90. The van der Waals surface area contributed by atoms with Gasteiger partial charge < -0.3 is 5.11 Å². The van der Waals surface area contributed by atoms with E-state index in [9.17, 15) is 13.2 Å². The summed E-state index contributed by atoms with van der Waals surface area (Å²) < 4.78 is 28.0. The molecule has 0 amide bonds. The van der Waals surface area contributed by atoms with E-state index in [2.05, 4.69) is 4.72 Å². The molecule has 0 saturated carbocycles. The van der Waals surface area contributed by atoms with Crippen LogP contribution in [-0.2, 0) is 10.2 Å². The van der Waals surface area contributed by atoms with Crippen LogP contribution in [0.25, 0.3) is 0 Å². The summed E-state index contributed by atoms with van der Waals surface area (Å²) >= 11 is 0. The van der Waals surface area contributed by atoms with Gasteiger partial charge in [-0.3, -0.25) is 4.72 Å². The van der Waals surface area contributed by atoms with Crippen LogP contribution in [0.2, 0.25) is 0 Å². The molecule has 0 aromatic heterocycles. The van der Waals surface area contributed by atoms with Crippen molar-refractivity contribution >= 4 is 21.9 Å². The molecule has 1 aromatic carbocycles. The number of nitrogens with one attached hydrogen (secondary N) is 1. The number of aromatic carboxylic acids is 1. The van der Waals surface area contributed by atoms with Gasteiger partial charge in [0.05, 0.1) is 11.3 Å². The molecule has 1 aliphatic rings. The Balaban J connectivity index is 2.35. The third-order valence-corrected chi connectivity index (χ3v) is 4.65. The predicted molar refractivity (Wildman–Crippen MR) is 71.5 cm³/mol. The van der Waals surface area contributed by atoms with Gasteiger partial charge in [-0.1, -0.05) is 12.1 Å². The third kappa shape index (κ3) is 2.87. The first-order chi connectivity index (χ1) is 8.92. The number of carboxylic acid groups (broad SMARTS) is 1. The van der Waals surface area contributed by atoms with E-state index in [4.69, 9.17) is 5.11 Å². The SMILES string of the molecule is Cc1cccc(C(=O)O)c1NS(=O)(=O)N1CCCC1. The first-order valence-electron chi connectivity index (χ1n) is 6.02. The number of nitrogens with zero attached hydrogens (tertiary/aromatic N) is 1. The van der Waals surface area contributed by atoms with Crippen molar-refractivity contribution in [1.29, 1.82) is 0 Å². The first kappa shape index (κ1) is 13.8. The highest BCUT2D eigenvalue weighted by Gasteiger charge is 2.27. The fraction of sp³-hybridized carbons (Fsp3) is 0.417. The second-order valence-electron chi connectivity index (χ2n) is 4.52. The number of para-hydroxylation sites is 1. The van der Waals surface area contributed by atoms with Crippen LogP contribution in [0.15, 0.2) is 18.2 Å². The molecular formula is C12H16N2O4S. The molecule has 0 atom stereocenters. The third-order valence-electron chi connectivity index (χ3n) is 3.14. The van der Waals surface area contributed by atoms with E-state index in [1.54, 1.807) is 19.1 Å². The molecule has 19 heavy (non-hydrogen) atoms. The van der Waals surface area contributed by atoms with Crippen LogP contribution in [0.5, 0.6) is 0 Å². The number of anilines is 1. The molecule has 0 radical (unpaired) electrons. The quantitative estimate of drug-likeness (QED) is 0.876. The number of carboxylic acids is 1. The Morgan fingerprint density at radius 2 is 1.95 bits per heavy atom. The maximum absolute atomic E-state index is 12.2. The van der Waals surface area contributed by atoms with E-state index >= 15 is 0 Å². The Morgan fingerprint density at radius 1 is 1.32 bits per heavy atom. The zero-order chi connectivity index (χ0) is 14.0. The minimum absolute atomic E-state index is 0.0391. The van der Waals surface area contributed by atoms with E-state index in [-0.39, 0.29) is 11.3 Å². The molecule has 6 nitrogen and oxygen atoms in total. The Bertz CT molecular complexity index is 592. The minimum Gasteiger partial charge on any atom is -0.478 e. The van der Waals surface area contributed by atoms with Gasteiger partial charge in [-0.15, -0.1) is 0 Å². The van der Waals surface area contributed by atoms with Gasteiger partial charge in [0.1, 0.15) is 0 Å². The monoisotopic (exact) mass is 284 g/mol. The number of hydrogen-bond donors (Lipinski definition) is 2. The lowest BCUT2D eigenvalue weighted by molar-refractivity contribution is 0.0698. The van der Waals surface area contributed by atoms with E-state index in [1.807, 2.05) is 0 Å². The largest absolute Gasteiger partial charge is 0.478 e. The van der Waals surface area contributed by atoms with Crippen LogP contribution in [0.4, 0.5) is 5.69 Å². The normalized spacial score (nSPS) is 16.5. The first-order valence-corrected chi connectivity index (χ1v) is 7.46. The smallest absolute Gasteiger partial charge is 0.337 e. The summed E-state index contributed by atoms with van der Waals surface area (Å²) in [5.41, 5.74) is 0.687. The summed E-state index contributed by atoms with van der Waals surface area (Å²) in [6, 6.07) is 4.65. The maximum atomic E-state index is 12.2. The Kier molecular flexibility index (Phi) is 3.77. The van der Waals surface area contributed by atoms with Gasteiger partial charge in [0.25, 0.3) is 0 Å². The molecule has 1 heterocycles. The van der Waals surface area contributed by atoms with Crippen molar-refractivity contribution < 1.29 is 18.3 Å². The molecule has 0 spiro atoms. The molecule has 0 bridgehead atoms. The average molecular weight is 284 g/mol. The van der Waals surface area contributed by atoms with Gasteiger partial charge in [0.2, 0.25) is 0 Å². The zero-order valence-electron chi connectivity index (χ0n) is 10.6. The van der Waals surface area contributed by atoms with Crippen LogP contribution in [0.1, 0.15) is 28.8 Å². The van der Waals surface area contributed by atoms with Crippen molar-refractivity contribution in [3.05, 3.63) is 29.3 Å². The standard InChI is InChI=1S/C12H16N2O4S/c1-9-5-4-6-10(12(15)16)11(9)13-19(17,18)14-7-2-3-8-14/h4-6,13H,2-3,7-8H2,1H3,(H,15,16). The van der Waals surface area contributed by atoms with Crippen molar-refractivity contribution in [2.24, 2.45) is 0 Å². The van der Waals surface area contributed by atoms with Gasteiger partial charge in [-0.25, -0.2) is 4.79 Å². The molecule has 2 N–H and O–H groups in total. The summed E-state index contributed by atoms with van der Waals surface area (Å²) in [6.45, 7) is 2.63. The lowest BCUT2D eigenvalue weighted by Gasteiger charge is -2.19. The molecule has 104 valence electrons. The number of aryl methyl sites for hydroxylation is 1. The summed E-state index contributed by atoms with van der Waals surface area (Å²) in [5.74, 6) is -1.15. The van der Waals surface area contributed by atoms with Crippen molar-refractivity contribution in [2.45, 2.75) is 19.8 Å². The second kappa shape index (κ2) is 5.18. The fourth-order valence-corrected chi connectivity index (χ4v) is 3.50. The molecule has 1 aliphatic heterocycles. The van der Waals surface area contributed by atoms with Crippen LogP contribution in [0.3, 0.4) is 0 Å². The van der Waals surface area contributed by atoms with E-state index in [0.717, 1.165) is 12.8 Å². The van der Waals surface area contributed by atoms with Crippen molar-refractivity contribution in [3.63, 3.8) is 0 Å². The molecule has 2 rings (SSSR count). The summed E-state index contributed by atoms with van der Waals surface area (Å²) in [7, 11) is -3.67. The van der Waals surface area contributed by atoms with Crippen LogP contribution >= 0.6 is 0 Å². The van der Waals surface area contributed by atoms with Gasteiger partial charge in [0.15, 0.2) is 0 Å².